The van der Waals surface area contributed by atoms with Gasteiger partial charge in [0.05, 0.1) is 22.3 Å². The molecule has 3 aromatic carbocycles. The Hall–Kier alpha value is -2.75. The number of nitro groups is 1. The number of halogens is 2. The van der Waals surface area contributed by atoms with Gasteiger partial charge in [0.15, 0.2) is 11.5 Å². The van der Waals surface area contributed by atoms with Crippen LogP contribution in [0, 0.1) is 10.1 Å². The average Bonchev–Trinajstić information content (AvgIpc) is 3.20. The molecule has 0 saturated carbocycles. The molecule has 0 bridgehead atoms. The molecule has 0 unspecified atom stereocenters. The van der Waals surface area contributed by atoms with E-state index in [1.807, 2.05) is 24.3 Å². The number of nitrogens with zero attached hydrogens (tertiary/aromatic N) is 2. The number of nitro benzene ring substituents is 1. The van der Waals surface area contributed by atoms with E-state index in [-0.39, 0.29) is 23.6 Å². The van der Waals surface area contributed by atoms with Crippen molar-refractivity contribution in [1.82, 2.24) is 0 Å². The van der Waals surface area contributed by atoms with Gasteiger partial charge in [0.25, 0.3) is 5.69 Å². The fourth-order valence-electron chi connectivity index (χ4n) is 3.44. The molecule has 170 valence electrons. The summed E-state index contributed by atoms with van der Waals surface area (Å²) in [4.78, 5) is 24.8. The molecular weight excluding hydrogens is 532 g/mol. The third-order valence-electron chi connectivity index (χ3n) is 5.04. The summed E-state index contributed by atoms with van der Waals surface area (Å²) >= 11 is 11.1. The van der Waals surface area contributed by atoms with E-state index in [1.165, 1.54) is 23.9 Å². The quantitative estimate of drug-likeness (QED) is 0.251. The number of methoxy groups -OCH3 is 1. The van der Waals surface area contributed by atoms with Crippen molar-refractivity contribution in [3.05, 3.63) is 91.4 Å². The van der Waals surface area contributed by atoms with Crippen LogP contribution in [0.25, 0.3) is 0 Å². The zero-order valence-corrected chi connectivity index (χ0v) is 20.5. The normalized spacial score (nSPS) is 15.5. The van der Waals surface area contributed by atoms with E-state index in [2.05, 4.69) is 15.9 Å². The van der Waals surface area contributed by atoms with Gasteiger partial charge >= 0.3 is 0 Å². The second kappa shape index (κ2) is 10.0. The van der Waals surface area contributed by atoms with Gasteiger partial charge in [-0.15, -0.1) is 11.8 Å². The second-order valence-corrected chi connectivity index (χ2v) is 9.51. The fourth-order valence-corrected chi connectivity index (χ4v) is 5.30. The highest BCUT2D eigenvalue weighted by Gasteiger charge is 2.35. The van der Waals surface area contributed by atoms with Crippen molar-refractivity contribution in [1.29, 1.82) is 0 Å². The number of anilines is 1. The Balaban J connectivity index is 1.58. The van der Waals surface area contributed by atoms with Crippen LogP contribution in [0.5, 0.6) is 11.5 Å². The van der Waals surface area contributed by atoms with Crippen LogP contribution >= 0.6 is 39.3 Å². The van der Waals surface area contributed by atoms with E-state index >= 15 is 0 Å². The standard InChI is InChI=1S/C23H18BrClN2O5S/c1-31-20-11-15(23-26(21(28)13-33-23)17-8-4-16(25)5-9-17)10-19(24)22(20)32-12-14-2-6-18(7-3-14)27(29)30/h2-11,23H,12-13H2,1H3/t23-/m1/s1. The molecule has 1 heterocycles. The van der Waals surface area contributed by atoms with Gasteiger partial charge in [0.1, 0.15) is 12.0 Å². The molecule has 0 spiro atoms. The van der Waals surface area contributed by atoms with Crippen LogP contribution < -0.4 is 14.4 Å². The molecule has 0 aromatic heterocycles. The maximum atomic E-state index is 12.6. The highest BCUT2D eigenvalue weighted by Crippen LogP contribution is 2.46. The Bertz CT molecular complexity index is 1190. The Morgan fingerprint density at radius 3 is 2.52 bits per heavy atom. The lowest BCUT2D eigenvalue weighted by atomic mass is 10.1. The molecule has 1 fully saturated rings. The summed E-state index contributed by atoms with van der Waals surface area (Å²) < 4.78 is 12.2. The number of thioether (sulfide) groups is 1. The number of ether oxygens (including phenoxy) is 2. The van der Waals surface area contributed by atoms with Gasteiger partial charge < -0.3 is 9.47 Å². The molecule has 1 saturated heterocycles. The van der Waals surface area contributed by atoms with E-state index in [4.69, 9.17) is 21.1 Å². The van der Waals surface area contributed by atoms with Gasteiger partial charge in [-0.25, -0.2) is 0 Å². The first-order valence-corrected chi connectivity index (χ1v) is 12.0. The van der Waals surface area contributed by atoms with Crippen LogP contribution in [0.3, 0.4) is 0 Å². The minimum Gasteiger partial charge on any atom is -0.493 e. The number of amides is 1. The molecule has 0 radical (unpaired) electrons. The lowest BCUT2D eigenvalue weighted by Crippen LogP contribution is -2.27. The van der Waals surface area contributed by atoms with Gasteiger partial charge in [0.2, 0.25) is 5.91 Å². The van der Waals surface area contributed by atoms with Crippen molar-refractivity contribution in [2.45, 2.75) is 12.0 Å². The number of benzene rings is 3. The van der Waals surface area contributed by atoms with Crippen LogP contribution in [-0.4, -0.2) is 23.7 Å². The average molecular weight is 550 g/mol. The van der Waals surface area contributed by atoms with Crippen LogP contribution in [0.1, 0.15) is 16.5 Å². The van der Waals surface area contributed by atoms with Crippen molar-refractivity contribution in [3.63, 3.8) is 0 Å². The summed E-state index contributed by atoms with van der Waals surface area (Å²) in [5.74, 6) is 1.40. The first-order chi connectivity index (χ1) is 15.9. The van der Waals surface area contributed by atoms with Gasteiger partial charge in [-0.05, 0) is 75.6 Å². The van der Waals surface area contributed by atoms with E-state index in [0.29, 0.717) is 26.7 Å². The molecule has 3 aromatic rings. The van der Waals surface area contributed by atoms with Gasteiger partial charge in [0, 0.05) is 22.8 Å². The highest BCUT2D eigenvalue weighted by molar-refractivity contribution is 9.10. The molecule has 1 atom stereocenters. The third-order valence-corrected chi connectivity index (χ3v) is 7.09. The Kier molecular flexibility index (Phi) is 7.11. The molecule has 4 rings (SSSR count). The van der Waals surface area contributed by atoms with Crippen LogP contribution in [0.15, 0.2) is 65.1 Å². The summed E-state index contributed by atoms with van der Waals surface area (Å²) in [6.45, 7) is 0.208. The zero-order valence-electron chi connectivity index (χ0n) is 17.4. The van der Waals surface area contributed by atoms with Gasteiger partial charge in [-0.2, -0.15) is 0 Å². The maximum absolute atomic E-state index is 12.6. The fraction of sp³-hybridized carbons (Fsp3) is 0.174. The van der Waals surface area contributed by atoms with E-state index in [1.54, 1.807) is 36.3 Å². The summed E-state index contributed by atoms with van der Waals surface area (Å²) in [6, 6.07) is 17.1. The molecule has 0 aliphatic carbocycles. The third kappa shape index (κ3) is 5.10. The first kappa shape index (κ1) is 23.4. The van der Waals surface area contributed by atoms with Crippen LogP contribution in [0.2, 0.25) is 5.02 Å². The van der Waals surface area contributed by atoms with Crippen molar-refractivity contribution in [3.8, 4) is 11.5 Å². The lowest BCUT2D eigenvalue weighted by Gasteiger charge is -2.25. The van der Waals surface area contributed by atoms with Crippen molar-refractivity contribution in [2.24, 2.45) is 0 Å². The number of non-ortho nitro benzene ring substituents is 1. The highest BCUT2D eigenvalue weighted by atomic mass is 79.9. The molecule has 0 N–H and O–H groups in total. The van der Waals surface area contributed by atoms with E-state index in [9.17, 15) is 14.9 Å². The van der Waals surface area contributed by atoms with Crippen molar-refractivity contribution < 1.29 is 19.2 Å². The minimum atomic E-state index is -0.442. The molecule has 1 amide bonds. The maximum Gasteiger partial charge on any atom is 0.269 e. The second-order valence-electron chi connectivity index (χ2n) is 7.15. The summed E-state index contributed by atoms with van der Waals surface area (Å²) in [5, 5.41) is 11.2. The largest absolute Gasteiger partial charge is 0.493 e. The van der Waals surface area contributed by atoms with E-state index < -0.39 is 4.92 Å². The number of hydrogen-bond acceptors (Lipinski definition) is 6. The number of hydrogen-bond donors (Lipinski definition) is 0. The molecule has 1 aliphatic rings. The van der Waals surface area contributed by atoms with E-state index in [0.717, 1.165) is 16.8 Å². The van der Waals surface area contributed by atoms with Gasteiger partial charge in [-0.1, -0.05) is 11.6 Å². The predicted octanol–water partition coefficient (Wildman–Crippen LogP) is 6.38. The van der Waals surface area contributed by atoms with Crippen LogP contribution in [0.4, 0.5) is 11.4 Å². The Labute approximate surface area is 207 Å². The SMILES string of the molecule is COc1cc([C@H]2SCC(=O)N2c2ccc(Cl)cc2)cc(Br)c1OCc1ccc([N+](=O)[O-])cc1. The van der Waals surface area contributed by atoms with Crippen LogP contribution in [-0.2, 0) is 11.4 Å². The topological polar surface area (TPSA) is 81.9 Å². The first-order valence-electron chi connectivity index (χ1n) is 9.80. The molecule has 7 nitrogen and oxygen atoms in total. The molecular formula is C23H18BrClN2O5S. The predicted molar refractivity (Wildman–Crippen MR) is 132 cm³/mol. The monoisotopic (exact) mass is 548 g/mol. The molecule has 33 heavy (non-hydrogen) atoms. The molecule has 10 heteroatoms. The molecule has 1 aliphatic heterocycles. The zero-order chi connectivity index (χ0) is 23.5. The van der Waals surface area contributed by atoms with Gasteiger partial charge in [-0.3, -0.25) is 19.8 Å². The summed E-state index contributed by atoms with van der Waals surface area (Å²) in [6.07, 6.45) is 0. The van der Waals surface area contributed by atoms with Crippen molar-refractivity contribution >= 4 is 56.6 Å². The number of carbonyl (C=O) groups excluding carboxylic acids is 1. The number of rotatable bonds is 7. The Morgan fingerprint density at radius 2 is 1.88 bits per heavy atom. The smallest absolute Gasteiger partial charge is 0.269 e. The lowest BCUT2D eigenvalue weighted by molar-refractivity contribution is -0.384. The summed E-state index contributed by atoms with van der Waals surface area (Å²) in [7, 11) is 1.55. The minimum absolute atomic E-state index is 0.0147. The number of carbonyl (C=O) groups is 1. The summed E-state index contributed by atoms with van der Waals surface area (Å²) in [5.41, 5.74) is 2.46. The van der Waals surface area contributed by atoms with Crippen molar-refractivity contribution in [2.75, 3.05) is 17.8 Å². The Morgan fingerprint density at radius 1 is 1.18 bits per heavy atom.